The number of carbonyl (C=O) groups is 1. The molecule has 0 amide bonds. The average Bonchev–Trinajstić information content (AvgIpc) is 2.99. The minimum absolute atomic E-state index is 0.219. The van der Waals surface area contributed by atoms with Crippen molar-refractivity contribution in [3.63, 3.8) is 0 Å². The first-order chi connectivity index (χ1) is 20.5. The molecule has 3 aromatic rings. The Labute approximate surface area is 257 Å². The van der Waals surface area contributed by atoms with Gasteiger partial charge in [-0.25, -0.2) is 0 Å². The maximum absolute atomic E-state index is 12.6. The second-order valence-corrected chi connectivity index (χ2v) is 16.6. The molecule has 4 rings (SSSR count). The summed E-state index contributed by atoms with van der Waals surface area (Å²) in [5.74, 6) is -2.00. The Bertz CT molecular complexity index is 1250. The van der Waals surface area contributed by atoms with Crippen molar-refractivity contribution < 1.29 is 33.3 Å². The second kappa shape index (κ2) is 14.2. The highest BCUT2D eigenvalue weighted by Crippen LogP contribution is 2.40. The maximum Gasteiger partial charge on any atom is 0.311 e. The summed E-state index contributed by atoms with van der Waals surface area (Å²) in [4.78, 5) is 12.6. The third kappa shape index (κ3) is 7.56. The van der Waals surface area contributed by atoms with Crippen molar-refractivity contribution in [3.8, 4) is 5.75 Å². The largest absolute Gasteiger partial charge is 0.497 e. The highest BCUT2D eigenvalue weighted by atomic mass is 28.4. The molecule has 0 saturated carbocycles. The van der Waals surface area contributed by atoms with Crippen LogP contribution in [0.1, 0.15) is 53.0 Å². The summed E-state index contributed by atoms with van der Waals surface area (Å²) < 4.78 is 30.4. The van der Waals surface area contributed by atoms with Gasteiger partial charge < -0.3 is 28.5 Å². The third-order valence-corrected chi connectivity index (χ3v) is 13.4. The molecular formula is C35H46O7Si. The van der Waals surface area contributed by atoms with Gasteiger partial charge in [0.15, 0.2) is 5.79 Å². The highest BCUT2D eigenvalue weighted by molar-refractivity contribution is 6.99. The molecule has 3 aromatic carbocycles. The van der Waals surface area contributed by atoms with E-state index in [1.807, 2.05) is 43.3 Å². The van der Waals surface area contributed by atoms with E-state index in [9.17, 15) is 9.90 Å². The van der Waals surface area contributed by atoms with Gasteiger partial charge >= 0.3 is 5.97 Å². The van der Waals surface area contributed by atoms with Crippen molar-refractivity contribution in [2.24, 2.45) is 5.92 Å². The lowest BCUT2D eigenvalue weighted by Gasteiger charge is -2.48. The van der Waals surface area contributed by atoms with Crippen LogP contribution in [0.25, 0.3) is 0 Å². The van der Waals surface area contributed by atoms with Gasteiger partial charge in [-0.1, -0.05) is 100 Å². The smallest absolute Gasteiger partial charge is 0.311 e. The van der Waals surface area contributed by atoms with Crippen molar-refractivity contribution in [1.29, 1.82) is 0 Å². The lowest BCUT2D eigenvalue weighted by Crippen LogP contribution is -2.67. The average molecular weight is 607 g/mol. The molecule has 0 aromatic heterocycles. The molecule has 1 aliphatic rings. The van der Waals surface area contributed by atoms with Crippen molar-refractivity contribution in [3.05, 3.63) is 90.5 Å². The number of aliphatic hydroxyl groups is 1. The number of methoxy groups -OCH3 is 1. The summed E-state index contributed by atoms with van der Waals surface area (Å²) in [7, 11) is -1.22. The molecule has 0 radical (unpaired) electrons. The van der Waals surface area contributed by atoms with E-state index in [0.29, 0.717) is 13.0 Å². The molecule has 1 unspecified atom stereocenters. The summed E-state index contributed by atoms with van der Waals surface area (Å²) >= 11 is 0. The molecule has 232 valence electrons. The summed E-state index contributed by atoms with van der Waals surface area (Å²) in [6, 6.07) is 28.5. The van der Waals surface area contributed by atoms with Crippen LogP contribution >= 0.6 is 0 Å². The Hall–Kier alpha value is -3.01. The standard InChI is InChI=1S/C35H46O7Si/c1-7-39-33(36)23-35(37)26(2)32(40-24-27-18-20-28(38-6)21-19-27)22-29(42-35)25-41-43(34(3,4)5,30-14-10-8-11-15-30)31-16-12-9-13-17-31/h8-21,26,29,32,37H,7,22-25H2,1-6H3/t26-,29+,32+,35?/m1/s1. The van der Waals surface area contributed by atoms with Crippen LogP contribution in [-0.4, -0.2) is 57.7 Å². The van der Waals surface area contributed by atoms with E-state index >= 15 is 0 Å². The molecule has 1 aliphatic heterocycles. The normalized spacial score (nSPS) is 22.6. The Morgan fingerprint density at radius 3 is 2.07 bits per heavy atom. The van der Waals surface area contributed by atoms with Gasteiger partial charge in [-0.3, -0.25) is 4.79 Å². The van der Waals surface area contributed by atoms with Gasteiger partial charge in [0.05, 0.1) is 45.6 Å². The van der Waals surface area contributed by atoms with E-state index in [4.69, 9.17) is 23.4 Å². The fraction of sp³-hybridized carbons (Fsp3) is 0.457. The molecule has 8 heteroatoms. The molecule has 0 bridgehead atoms. The first-order valence-corrected chi connectivity index (χ1v) is 17.0. The monoisotopic (exact) mass is 606 g/mol. The van der Waals surface area contributed by atoms with Crippen LogP contribution in [0.5, 0.6) is 5.75 Å². The number of rotatable bonds is 12. The maximum atomic E-state index is 12.6. The van der Waals surface area contributed by atoms with Crippen molar-refractivity contribution in [2.45, 2.75) is 77.1 Å². The zero-order chi connectivity index (χ0) is 31.1. The second-order valence-electron chi connectivity index (χ2n) is 12.3. The number of esters is 1. The van der Waals surface area contributed by atoms with E-state index in [-0.39, 0.29) is 30.8 Å². The molecule has 1 heterocycles. The number of benzene rings is 3. The van der Waals surface area contributed by atoms with Crippen LogP contribution in [0.15, 0.2) is 84.9 Å². The van der Waals surface area contributed by atoms with Gasteiger partial charge in [-0.2, -0.15) is 0 Å². The number of ether oxygens (including phenoxy) is 4. The summed E-state index contributed by atoms with van der Waals surface area (Å²) in [5, 5.41) is 13.9. The SMILES string of the molecule is CCOC(=O)CC1(O)O[C@H](CO[Si](c2ccccc2)(c2ccccc2)C(C)(C)C)C[C@H](OCc2ccc(OC)cc2)[C@H]1C. The topological polar surface area (TPSA) is 83.5 Å². The zero-order valence-corrected chi connectivity index (χ0v) is 27.2. The molecule has 7 nitrogen and oxygen atoms in total. The first-order valence-electron chi connectivity index (χ1n) is 15.1. The van der Waals surface area contributed by atoms with Crippen LogP contribution in [0.3, 0.4) is 0 Å². The van der Waals surface area contributed by atoms with Gasteiger partial charge in [0.2, 0.25) is 0 Å². The number of hydrogen-bond donors (Lipinski definition) is 1. The Morgan fingerprint density at radius 2 is 1.56 bits per heavy atom. The highest BCUT2D eigenvalue weighted by Gasteiger charge is 2.53. The minimum atomic E-state index is -2.85. The van der Waals surface area contributed by atoms with Crippen molar-refractivity contribution in [1.82, 2.24) is 0 Å². The van der Waals surface area contributed by atoms with E-state index in [1.165, 1.54) is 0 Å². The quantitative estimate of drug-likeness (QED) is 0.224. The Morgan fingerprint density at radius 1 is 0.977 bits per heavy atom. The first kappa shape index (κ1) is 32.9. The van der Waals surface area contributed by atoms with E-state index < -0.39 is 32.1 Å². The summed E-state index contributed by atoms with van der Waals surface area (Å²) in [5.41, 5.74) is 0.980. The van der Waals surface area contributed by atoms with Crippen molar-refractivity contribution in [2.75, 3.05) is 20.3 Å². The van der Waals surface area contributed by atoms with Gasteiger partial charge in [0.25, 0.3) is 8.32 Å². The minimum Gasteiger partial charge on any atom is -0.497 e. The molecule has 4 atom stereocenters. The predicted octanol–water partition coefficient (Wildman–Crippen LogP) is 5.22. The molecular weight excluding hydrogens is 560 g/mol. The predicted molar refractivity (Wildman–Crippen MR) is 170 cm³/mol. The van der Waals surface area contributed by atoms with Crippen molar-refractivity contribution >= 4 is 24.7 Å². The van der Waals surface area contributed by atoms with E-state index in [0.717, 1.165) is 21.7 Å². The molecule has 1 saturated heterocycles. The lowest BCUT2D eigenvalue weighted by molar-refractivity contribution is -0.311. The van der Waals surface area contributed by atoms with Crippen LogP contribution in [0, 0.1) is 5.92 Å². The van der Waals surface area contributed by atoms with Crippen LogP contribution in [0.4, 0.5) is 0 Å². The van der Waals surface area contributed by atoms with E-state index in [2.05, 4.69) is 69.3 Å². The third-order valence-electron chi connectivity index (χ3n) is 8.36. The van der Waals surface area contributed by atoms with Gasteiger partial charge in [-0.05, 0) is 40.0 Å². The number of hydrogen-bond acceptors (Lipinski definition) is 7. The molecule has 1 fully saturated rings. The lowest BCUT2D eigenvalue weighted by atomic mass is 9.85. The zero-order valence-electron chi connectivity index (χ0n) is 26.2. The van der Waals surface area contributed by atoms with Crippen LogP contribution in [-0.2, 0) is 30.0 Å². The number of carbonyl (C=O) groups excluding carboxylic acids is 1. The van der Waals surface area contributed by atoms with Gasteiger partial charge in [0, 0.05) is 12.3 Å². The molecule has 1 N–H and O–H groups in total. The van der Waals surface area contributed by atoms with Gasteiger partial charge in [0.1, 0.15) is 5.75 Å². The molecule has 0 spiro atoms. The fourth-order valence-corrected chi connectivity index (χ4v) is 10.6. The summed E-state index contributed by atoms with van der Waals surface area (Å²) in [6.07, 6.45) is -0.693. The summed E-state index contributed by atoms with van der Waals surface area (Å²) in [6.45, 7) is 11.1. The fourth-order valence-electron chi connectivity index (χ4n) is 6.04. The van der Waals surface area contributed by atoms with Gasteiger partial charge in [-0.15, -0.1) is 0 Å². The molecule has 43 heavy (non-hydrogen) atoms. The Kier molecular flexibility index (Phi) is 10.8. The van der Waals surface area contributed by atoms with Crippen LogP contribution < -0.4 is 15.1 Å². The van der Waals surface area contributed by atoms with Crippen LogP contribution in [0.2, 0.25) is 5.04 Å². The van der Waals surface area contributed by atoms with E-state index in [1.54, 1.807) is 14.0 Å². The molecule has 0 aliphatic carbocycles. The Balaban J connectivity index is 1.63.